The van der Waals surface area contributed by atoms with Crippen molar-refractivity contribution in [2.45, 2.75) is 26.3 Å². The van der Waals surface area contributed by atoms with Crippen molar-refractivity contribution in [3.63, 3.8) is 0 Å². The molecule has 0 fully saturated rings. The summed E-state index contributed by atoms with van der Waals surface area (Å²) in [6, 6.07) is 11.7. The van der Waals surface area contributed by atoms with Gasteiger partial charge in [-0.1, -0.05) is 41.9 Å². The number of rotatable bonds is 3. The van der Waals surface area contributed by atoms with Crippen molar-refractivity contribution in [1.82, 2.24) is 9.78 Å². The Kier molecular flexibility index (Phi) is 4.89. The van der Waals surface area contributed by atoms with Crippen molar-refractivity contribution in [2.75, 3.05) is 11.4 Å². The van der Waals surface area contributed by atoms with Gasteiger partial charge in [-0.15, -0.1) is 0 Å². The Hall–Kier alpha value is -2.73. The zero-order chi connectivity index (χ0) is 19.8. The molecule has 2 heterocycles. The Bertz CT molecular complexity index is 1050. The van der Waals surface area contributed by atoms with Gasteiger partial charge >= 0.3 is 0 Å². The van der Waals surface area contributed by atoms with E-state index in [2.05, 4.69) is 5.10 Å². The van der Waals surface area contributed by atoms with Gasteiger partial charge in [-0.25, -0.2) is 13.5 Å². The number of anilines is 1. The van der Waals surface area contributed by atoms with Crippen LogP contribution in [0.4, 0.5) is 14.5 Å². The summed E-state index contributed by atoms with van der Waals surface area (Å²) in [6.07, 6.45) is 1.06. The lowest BCUT2D eigenvalue weighted by atomic mass is 10.00. The molecule has 0 radical (unpaired) electrons. The number of benzene rings is 2. The van der Waals surface area contributed by atoms with Crippen LogP contribution in [0, 0.1) is 18.6 Å². The predicted octanol–water partition coefficient (Wildman–Crippen LogP) is 4.76. The van der Waals surface area contributed by atoms with Crippen LogP contribution < -0.4 is 4.90 Å². The topological polar surface area (TPSA) is 38.1 Å². The van der Waals surface area contributed by atoms with Crippen LogP contribution in [-0.2, 0) is 13.0 Å². The Balaban J connectivity index is 1.71. The molecule has 4 nitrogen and oxygen atoms in total. The summed E-state index contributed by atoms with van der Waals surface area (Å²) in [5.41, 5.74) is 2.36. The Morgan fingerprint density at radius 2 is 1.96 bits per heavy atom. The number of hydrogen-bond acceptors (Lipinski definition) is 2. The van der Waals surface area contributed by atoms with Crippen LogP contribution in [0.1, 0.15) is 33.6 Å². The van der Waals surface area contributed by atoms with E-state index in [1.54, 1.807) is 11.6 Å². The van der Waals surface area contributed by atoms with Gasteiger partial charge in [0.05, 0.1) is 23.5 Å². The third-order valence-electron chi connectivity index (χ3n) is 4.94. The number of amides is 1. The maximum absolute atomic E-state index is 14.2. The van der Waals surface area contributed by atoms with Crippen molar-refractivity contribution in [2.24, 2.45) is 0 Å². The van der Waals surface area contributed by atoms with Gasteiger partial charge in [-0.05, 0) is 31.4 Å². The molecule has 3 aromatic rings. The largest absolute Gasteiger partial charge is 0.308 e. The molecule has 1 aliphatic rings. The van der Waals surface area contributed by atoms with E-state index in [0.717, 1.165) is 11.6 Å². The number of hydrogen-bond donors (Lipinski definition) is 0. The first-order valence-electron chi connectivity index (χ1n) is 9.02. The fourth-order valence-corrected chi connectivity index (χ4v) is 3.93. The molecule has 1 aliphatic heterocycles. The number of halogens is 3. The van der Waals surface area contributed by atoms with Gasteiger partial charge in [-0.3, -0.25) is 4.79 Å². The molecule has 0 N–H and O–H groups in total. The lowest BCUT2D eigenvalue weighted by Gasteiger charge is -2.29. The SMILES string of the molecule is Cc1nn(Cc2ccccc2)c(Cl)c1C(=O)N1CCCc2c(F)cc(F)cc21. The maximum atomic E-state index is 14.2. The average molecular weight is 402 g/mol. The minimum atomic E-state index is -0.710. The maximum Gasteiger partial charge on any atom is 0.263 e. The van der Waals surface area contributed by atoms with Crippen molar-refractivity contribution in [1.29, 1.82) is 0 Å². The van der Waals surface area contributed by atoms with Crippen LogP contribution in [0.25, 0.3) is 0 Å². The highest BCUT2D eigenvalue weighted by atomic mass is 35.5. The van der Waals surface area contributed by atoms with Gasteiger partial charge in [0, 0.05) is 18.2 Å². The molecule has 4 rings (SSSR count). The summed E-state index contributed by atoms with van der Waals surface area (Å²) in [5, 5.41) is 4.62. The minimum Gasteiger partial charge on any atom is -0.308 e. The van der Waals surface area contributed by atoms with E-state index in [4.69, 9.17) is 11.6 Å². The van der Waals surface area contributed by atoms with E-state index in [0.29, 0.717) is 37.2 Å². The van der Waals surface area contributed by atoms with Gasteiger partial charge < -0.3 is 4.90 Å². The van der Waals surface area contributed by atoms with E-state index in [9.17, 15) is 13.6 Å². The summed E-state index contributed by atoms with van der Waals surface area (Å²) in [5.74, 6) is -1.73. The Morgan fingerprint density at radius 3 is 2.71 bits per heavy atom. The third kappa shape index (κ3) is 3.29. The zero-order valence-electron chi connectivity index (χ0n) is 15.3. The molecule has 1 amide bonds. The van der Waals surface area contributed by atoms with Crippen LogP contribution >= 0.6 is 11.6 Å². The average Bonchev–Trinajstić information content (AvgIpc) is 2.95. The first-order chi connectivity index (χ1) is 13.5. The van der Waals surface area contributed by atoms with Gasteiger partial charge in [0.1, 0.15) is 16.8 Å². The van der Waals surface area contributed by atoms with Crippen molar-refractivity contribution in [3.05, 3.63) is 81.6 Å². The second kappa shape index (κ2) is 7.36. The summed E-state index contributed by atoms with van der Waals surface area (Å²) >= 11 is 6.49. The quantitative estimate of drug-likeness (QED) is 0.634. The van der Waals surface area contributed by atoms with E-state index in [1.807, 2.05) is 30.3 Å². The molecule has 0 spiro atoms. The van der Waals surface area contributed by atoms with Crippen LogP contribution in [0.2, 0.25) is 5.15 Å². The molecular formula is C21H18ClF2N3O. The van der Waals surface area contributed by atoms with Gasteiger partial charge in [0.2, 0.25) is 0 Å². The van der Waals surface area contributed by atoms with Gasteiger partial charge in [-0.2, -0.15) is 5.10 Å². The summed E-state index contributed by atoms with van der Waals surface area (Å²) in [7, 11) is 0. The first-order valence-corrected chi connectivity index (χ1v) is 9.40. The smallest absolute Gasteiger partial charge is 0.263 e. The van der Waals surface area contributed by atoms with Crippen LogP contribution in [0.5, 0.6) is 0 Å². The highest BCUT2D eigenvalue weighted by Crippen LogP contribution is 2.33. The zero-order valence-corrected chi connectivity index (χ0v) is 16.0. The lowest BCUT2D eigenvalue weighted by Crippen LogP contribution is -2.36. The number of nitrogens with zero attached hydrogens (tertiary/aromatic N) is 3. The number of carbonyl (C=O) groups is 1. The van der Waals surface area contributed by atoms with Crippen molar-refractivity contribution >= 4 is 23.2 Å². The highest BCUT2D eigenvalue weighted by Gasteiger charge is 2.30. The molecule has 0 aliphatic carbocycles. The van der Waals surface area contributed by atoms with Crippen LogP contribution in [0.3, 0.4) is 0 Å². The molecule has 7 heteroatoms. The lowest BCUT2D eigenvalue weighted by molar-refractivity contribution is 0.0984. The minimum absolute atomic E-state index is 0.218. The number of aryl methyl sites for hydroxylation is 1. The molecule has 0 bridgehead atoms. The fraction of sp³-hybridized carbons (Fsp3) is 0.238. The van der Waals surface area contributed by atoms with Gasteiger partial charge in [0.15, 0.2) is 0 Å². The molecule has 144 valence electrons. The molecule has 1 aromatic heterocycles. The molecule has 0 saturated heterocycles. The van der Waals surface area contributed by atoms with E-state index >= 15 is 0 Å². The van der Waals surface area contributed by atoms with E-state index in [1.165, 1.54) is 11.0 Å². The molecule has 0 atom stereocenters. The fourth-order valence-electron chi connectivity index (χ4n) is 3.62. The Labute approximate surface area is 166 Å². The highest BCUT2D eigenvalue weighted by molar-refractivity contribution is 6.33. The molecule has 2 aromatic carbocycles. The molecular weight excluding hydrogens is 384 g/mol. The number of carbonyl (C=O) groups excluding carboxylic acids is 1. The van der Waals surface area contributed by atoms with Gasteiger partial charge in [0.25, 0.3) is 5.91 Å². The van der Waals surface area contributed by atoms with E-state index in [-0.39, 0.29) is 16.4 Å². The monoisotopic (exact) mass is 401 g/mol. The molecule has 0 unspecified atom stereocenters. The van der Waals surface area contributed by atoms with Crippen LogP contribution in [-0.4, -0.2) is 22.2 Å². The standard InChI is InChI=1S/C21H18ClF2N3O/c1-13-19(20(22)27(25-13)12-14-6-3-2-4-7-14)21(28)26-9-5-8-16-17(24)10-15(23)11-18(16)26/h2-4,6-7,10-11H,5,8-9,12H2,1H3. The summed E-state index contributed by atoms with van der Waals surface area (Å²) in [6.45, 7) is 2.50. The van der Waals surface area contributed by atoms with Crippen LogP contribution in [0.15, 0.2) is 42.5 Å². The number of fused-ring (bicyclic) bond motifs is 1. The Morgan fingerprint density at radius 1 is 1.21 bits per heavy atom. The normalized spacial score (nSPS) is 13.5. The summed E-state index contributed by atoms with van der Waals surface area (Å²) < 4.78 is 29.5. The third-order valence-corrected chi connectivity index (χ3v) is 5.32. The first kappa shape index (κ1) is 18.6. The number of aromatic nitrogens is 2. The second-order valence-electron chi connectivity index (χ2n) is 6.84. The van der Waals surface area contributed by atoms with Crippen molar-refractivity contribution in [3.8, 4) is 0 Å². The summed E-state index contributed by atoms with van der Waals surface area (Å²) in [4.78, 5) is 14.6. The van der Waals surface area contributed by atoms with E-state index < -0.39 is 17.5 Å². The predicted molar refractivity (Wildman–Crippen MR) is 104 cm³/mol. The molecule has 0 saturated carbocycles. The van der Waals surface area contributed by atoms with Crippen molar-refractivity contribution < 1.29 is 13.6 Å². The second-order valence-corrected chi connectivity index (χ2v) is 7.20. The molecule has 28 heavy (non-hydrogen) atoms.